The molecule has 0 radical (unpaired) electrons. The largest absolute Gasteiger partial charge is 0.469 e. The van der Waals surface area contributed by atoms with Crippen LogP contribution in [0.5, 0.6) is 0 Å². The lowest BCUT2D eigenvalue weighted by Crippen LogP contribution is -2.30. The molecule has 0 unspecified atom stereocenters. The third-order valence-corrected chi connectivity index (χ3v) is 4.86. The van der Waals surface area contributed by atoms with Crippen LogP contribution < -0.4 is 5.32 Å². The van der Waals surface area contributed by atoms with Crippen molar-refractivity contribution in [2.45, 2.75) is 18.1 Å². The maximum absolute atomic E-state index is 12.0. The molecular weight excluding hydrogens is 342 g/mol. The van der Waals surface area contributed by atoms with Crippen molar-refractivity contribution < 1.29 is 14.1 Å². The monoisotopic (exact) mass is 355 g/mol. The van der Waals surface area contributed by atoms with E-state index in [-0.39, 0.29) is 18.0 Å². The van der Waals surface area contributed by atoms with Gasteiger partial charge in [-0.15, -0.1) is 11.8 Å². The first kappa shape index (κ1) is 16.8. The fraction of sp³-hybridized carbons (Fsp3) is 0.176. The summed E-state index contributed by atoms with van der Waals surface area (Å²) >= 11 is 1.32. The van der Waals surface area contributed by atoms with E-state index in [0.717, 1.165) is 5.56 Å². The van der Waals surface area contributed by atoms with Crippen LogP contribution in [0.3, 0.4) is 0 Å². The van der Waals surface area contributed by atoms with Crippen molar-refractivity contribution in [2.24, 2.45) is 0 Å². The number of thioether (sulfide) groups is 1. The number of rotatable bonds is 5. The summed E-state index contributed by atoms with van der Waals surface area (Å²) in [6.45, 7) is 0. The Hall–Kier alpha value is -3.05. The van der Waals surface area contributed by atoms with Gasteiger partial charge in [-0.2, -0.15) is 5.26 Å². The predicted molar refractivity (Wildman–Crippen MR) is 91.2 cm³/mol. The molecule has 0 fully saturated rings. The van der Waals surface area contributed by atoms with Crippen molar-refractivity contribution in [3.05, 3.63) is 74.7 Å². The predicted octanol–water partition coefficient (Wildman–Crippen LogP) is 3.46. The topological polar surface area (TPSA) is 109 Å². The molecule has 0 bridgehead atoms. The summed E-state index contributed by atoms with van der Waals surface area (Å²) in [7, 11) is 0. The number of amides is 1. The quantitative estimate of drug-likeness (QED) is 0.650. The highest BCUT2D eigenvalue weighted by Crippen LogP contribution is 2.37. The van der Waals surface area contributed by atoms with Crippen molar-refractivity contribution in [2.75, 3.05) is 0 Å². The highest BCUT2D eigenvalue weighted by molar-refractivity contribution is 8.02. The molecule has 0 saturated carbocycles. The molecule has 8 heteroatoms. The van der Waals surface area contributed by atoms with E-state index in [1.165, 1.54) is 30.2 Å². The molecule has 2 heterocycles. The number of hydrogen-bond acceptors (Lipinski definition) is 6. The zero-order valence-electron chi connectivity index (χ0n) is 13.0. The lowest BCUT2D eigenvalue weighted by Gasteiger charge is -2.23. The van der Waals surface area contributed by atoms with Crippen LogP contribution in [0.2, 0.25) is 0 Å². The number of nitro groups is 1. The second-order valence-electron chi connectivity index (χ2n) is 5.39. The molecule has 1 amide bonds. The fourth-order valence-corrected chi connectivity index (χ4v) is 3.57. The first-order valence-corrected chi connectivity index (χ1v) is 8.40. The van der Waals surface area contributed by atoms with Gasteiger partial charge in [-0.25, -0.2) is 0 Å². The van der Waals surface area contributed by atoms with E-state index < -0.39 is 10.8 Å². The standard InChI is InChI=1S/C17H13N3O4S/c18-9-14-13(15-2-1-7-24-15)8-16(21)19-17(14)25-10-11-3-5-12(6-4-11)20(22)23/h1-7,13H,8,10H2,(H,19,21)/t13-/m0/s1. The third kappa shape index (κ3) is 3.72. The summed E-state index contributed by atoms with van der Waals surface area (Å²) in [6, 6.07) is 11.8. The summed E-state index contributed by atoms with van der Waals surface area (Å²) in [5.74, 6) is 0.489. The molecule has 1 atom stereocenters. The number of nitrogens with zero attached hydrogens (tertiary/aromatic N) is 2. The van der Waals surface area contributed by atoms with Gasteiger partial charge >= 0.3 is 0 Å². The van der Waals surface area contributed by atoms with Crippen molar-refractivity contribution in [3.63, 3.8) is 0 Å². The zero-order chi connectivity index (χ0) is 17.8. The molecule has 1 aliphatic rings. The Kier molecular flexibility index (Phi) is 4.86. The van der Waals surface area contributed by atoms with Crippen molar-refractivity contribution in [1.29, 1.82) is 5.26 Å². The maximum atomic E-state index is 12.0. The molecule has 1 aromatic carbocycles. The van der Waals surface area contributed by atoms with E-state index in [9.17, 15) is 20.2 Å². The summed E-state index contributed by atoms with van der Waals surface area (Å²) in [6.07, 6.45) is 1.68. The van der Waals surface area contributed by atoms with E-state index in [4.69, 9.17) is 4.42 Å². The fourth-order valence-electron chi connectivity index (χ4n) is 2.54. The number of allylic oxidation sites excluding steroid dienone is 1. The van der Waals surface area contributed by atoms with Gasteiger partial charge in [-0.3, -0.25) is 14.9 Å². The number of furan rings is 1. The Balaban J connectivity index is 1.80. The smallest absolute Gasteiger partial charge is 0.269 e. The molecule has 0 spiro atoms. The molecule has 1 aliphatic heterocycles. The number of non-ortho nitro benzene ring substituents is 1. The van der Waals surface area contributed by atoms with E-state index in [1.54, 1.807) is 24.3 Å². The number of hydrogen-bond donors (Lipinski definition) is 1. The summed E-state index contributed by atoms with van der Waals surface area (Å²) in [5, 5.41) is 23.4. The van der Waals surface area contributed by atoms with Crippen LogP contribution in [0.25, 0.3) is 0 Å². The van der Waals surface area contributed by atoms with Crippen LogP contribution in [0, 0.1) is 21.4 Å². The molecule has 0 saturated heterocycles. The molecule has 25 heavy (non-hydrogen) atoms. The summed E-state index contributed by atoms with van der Waals surface area (Å²) < 4.78 is 5.36. The summed E-state index contributed by atoms with van der Waals surface area (Å²) in [4.78, 5) is 22.2. The Morgan fingerprint density at radius 2 is 2.12 bits per heavy atom. The van der Waals surface area contributed by atoms with Gasteiger partial charge in [0.1, 0.15) is 5.76 Å². The van der Waals surface area contributed by atoms with Crippen LogP contribution in [0.1, 0.15) is 23.7 Å². The third-order valence-electron chi connectivity index (χ3n) is 3.77. The van der Waals surface area contributed by atoms with Crippen LogP contribution in [0.4, 0.5) is 5.69 Å². The van der Waals surface area contributed by atoms with E-state index >= 15 is 0 Å². The molecule has 2 aromatic rings. The molecule has 0 aliphatic carbocycles. The van der Waals surface area contributed by atoms with Gasteiger partial charge in [0.05, 0.1) is 33.8 Å². The van der Waals surface area contributed by atoms with Gasteiger partial charge in [-0.1, -0.05) is 12.1 Å². The van der Waals surface area contributed by atoms with Crippen molar-refractivity contribution in [3.8, 4) is 6.07 Å². The Morgan fingerprint density at radius 3 is 2.72 bits per heavy atom. The van der Waals surface area contributed by atoms with Crippen LogP contribution in [-0.2, 0) is 10.5 Å². The molecule has 7 nitrogen and oxygen atoms in total. The molecular formula is C17H13N3O4S. The average molecular weight is 355 g/mol. The van der Waals surface area contributed by atoms with E-state index in [0.29, 0.717) is 22.1 Å². The minimum atomic E-state index is -0.456. The number of nitro benzene ring substituents is 1. The Morgan fingerprint density at radius 1 is 1.36 bits per heavy atom. The van der Waals surface area contributed by atoms with Crippen LogP contribution >= 0.6 is 11.8 Å². The highest BCUT2D eigenvalue weighted by Gasteiger charge is 2.31. The van der Waals surface area contributed by atoms with Gasteiger partial charge in [0, 0.05) is 24.3 Å². The average Bonchev–Trinajstić information content (AvgIpc) is 3.14. The van der Waals surface area contributed by atoms with Gasteiger partial charge < -0.3 is 9.73 Å². The Labute approximate surface area is 147 Å². The first-order valence-electron chi connectivity index (χ1n) is 7.42. The minimum Gasteiger partial charge on any atom is -0.469 e. The van der Waals surface area contributed by atoms with Crippen molar-refractivity contribution >= 4 is 23.4 Å². The zero-order valence-corrected chi connectivity index (χ0v) is 13.8. The number of carbonyl (C=O) groups is 1. The lowest BCUT2D eigenvalue weighted by atomic mass is 9.92. The SMILES string of the molecule is N#CC1=C(SCc2ccc([N+](=O)[O-])cc2)NC(=O)C[C@@H]1c1ccco1. The second-order valence-corrected chi connectivity index (χ2v) is 6.37. The first-order chi connectivity index (χ1) is 12.1. The second kappa shape index (κ2) is 7.23. The van der Waals surface area contributed by atoms with Gasteiger partial charge in [-0.05, 0) is 17.7 Å². The number of carbonyl (C=O) groups excluding carboxylic acids is 1. The van der Waals surface area contributed by atoms with Crippen molar-refractivity contribution in [1.82, 2.24) is 5.32 Å². The molecule has 126 valence electrons. The molecule has 1 aromatic heterocycles. The number of benzene rings is 1. The highest BCUT2D eigenvalue weighted by atomic mass is 32.2. The number of nitrogens with one attached hydrogen (secondary N) is 1. The molecule has 3 rings (SSSR count). The number of nitriles is 1. The molecule has 1 N–H and O–H groups in total. The normalized spacial score (nSPS) is 17.1. The van der Waals surface area contributed by atoms with Gasteiger partial charge in [0.15, 0.2) is 0 Å². The summed E-state index contributed by atoms with van der Waals surface area (Å²) in [5.41, 5.74) is 1.34. The maximum Gasteiger partial charge on any atom is 0.269 e. The Bertz CT molecular complexity index is 866. The minimum absolute atomic E-state index is 0.0227. The van der Waals surface area contributed by atoms with E-state index in [2.05, 4.69) is 11.4 Å². The van der Waals surface area contributed by atoms with Crippen LogP contribution in [0.15, 0.2) is 57.7 Å². The van der Waals surface area contributed by atoms with Gasteiger partial charge in [0.2, 0.25) is 5.91 Å². The van der Waals surface area contributed by atoms with Gasteiger partial charge in [0.25, 0.3) is 5.69 Å². The van der Waals surface area contributed by atoms with E-state index in [1.807, 2.05) is 0 Å². The van der Waals surface area contributed by atoms with Crippen LogP contribution in [-0.4, -0.2) is 10.8 Å². The lowest BCUT2D eigenvalue weighted by molar-refractivity contribution is -0.384.